The number of hydrogen-bond acceptors (Lipinski definition) is 4. The molecule has 21 heavy (non-hydrogen) atoms. The van der Waals surface area contributed by atoms with Crippen LogP contribution < -0.4 is 5.32 Å². The summed E-state index contributed by atoms with van der Waals surface area (Å²) in [4.78, 5) is 26.3. The van der Waals surface area contributed by atoms with E-state index in [4.69, 9.17) is 4.74 Å². The SMILES string of the molecule is CCNC(=O)C1COCCN1CC(=O)c1ccc(I)cc1. The van der Waals surface area contributed by atoms with Crippen LogP contribution in [-0.2, 0) is 9.53 Å². The first-order valence-corrected chi connectivity index (χ1v) is 8.08. The zero-order valence-electron chi connectivity index (χ0n) is 12.0. The van der Waals surface area contributed by atoms with Crippen LogP contribution >= 0.6 is 22.6 Å². The predicted octanol–water partition coefficient (Wildman–Crippen LogP) is 1.31. The van der Waals surface area contributed by atoms with Gasteiger partial charge in [0.05, 0.1) is 19.8 Å². The fraction of sp³-hybridized carbons (Fsp3) is 0.467. The number of ketones is 1. The molecule has 1 heterocycles. The van der Waals surface area contributed by atoms with Gasteiger partial charge in [0, 0.05) is 22.2 Å². The van der Waals surface area contributed by atoms with E-state index in [9.17, 15) is 9.59 Å². The highest BCUT2D eigenvalue weighted by Gasteiger charge is 2.30. The molecule has 1 aliphatic heterocycles. The number of amides is 1. The van der Waals surface area contributed by atoms with Crippen LogP contribution in [-0.4, -0.2) is 55.5 Å². The van der Waals surface area contributed by atoms with E-state index in [1.807, 2.05) is 36.1 Å². The third-order valence-electron chi connectivity index (χ3n) is 3.41. The van der Waals surface area contributed by atoms with Crippen molar-refractivity contribution in [1.29, 1.82) is 0 Å². The molecule has 1 aliphatic rings. The lowest BCUT2D eigenvalue weighted by atomic mass is 10.1. The quantitative estimate of drug-likeness (QED) is 0.596. The molecule has 1 N–H and O–H groups in total. The summed E-state index contributed by atoms with van der Waals surface area (Å²) in [6.07, 6.45) is 0. The zero-order valence-corrected chi connectivity index (χ0v) is 14.1. The molecule has 0 aromatic heterocycles. The average molecular weight is 402 g/mol. The Kier molecular flexibility index (Phi) is 6.13. The predicted molar refractivity (Wildman–Crippen MR) is 88.4 cm³/mol. The van der Waals surface area contributed by atoms with Gasteiger partial charge in [0.2, 0.25) is 5.91 Å². The molecule has 1 fully saturated rings. The highest BCUT2D eigenvalue weighted by atomic mass is 127. The summed E-state index contributed by atoms with van der Waals surface area (Å²) in [6, 6.07) is 7.09. The molecule has 0 radical (unpaired) electrons. The Labute approximate surface area is 138 Å². The highest BCUT2D eigenvalue weighted by Crippen LogP contribution is 2.11. The van der Waals surface area contributed by atoms with E-state index in [0.29, 0.717) is 31.9 Å². The van der Waals surface area contributed by atoms with Gasteiger partial charge in [-0.3, -0.25) is 14.5 Å². The Bertz CT molecular complexity index is 504. The van der Waals surface area contributed by atoms with Gasteiger partial charge < -0.3 is 10.1 Å². The normalized spacial score (nSPS) is 19.2. The first-order valence-electron chi connectivity index (χ1n) is 7.00. The minimum Gasteiger partial charge on any atom is -0.378 e. The summed E-state index contributed by atoms with van der Waals surface area (Å²) in [5.41, 5.74) is 0.677. The van der Waals surface area contributed by atoms with Gasteiger partial charge in [0.15, 0.2) is 5.78 Å². The Balaban J connectivity index is 2.03. The van der Waals surface area contributed by atoms with Crippen LogP contribution in [0.25, 0.3) is 0 Å². The van der Waals surface area contributed by atoms with Crippen LogP contribution in [0.15, 0.2) is 24.3 Å². The third-order valence-corrected chi connectivity index (χ3v) is 4.13. The van der Waals surface area contributed by atoms with E-state index in [-0.39, 0.29) is 24.3 Å². The van der Waals surface area contributed by atoms with Gasteiger partial charge in [-0.1, -0.05) is 12.1 Å². The first-order chi connectivity index (χ1) is 10.1. The number of hydrogen-bond donors (Lipinski definition) is 1. The van der Waals surface area contributed by atoms with Gasteiger partial charge in [-0.25, -0.2) is 0 Å². The lowest BCUT2D eigenvalue weighted by Gasteiger charge is -2.33. The van der Waals surface area contributed by atoms with Gasteiger partial charge in [0.1, 0.15) is 6.04 Å². The monoisotopic (exact) mass is 402 g/mol. The molecule has 1 unspecified atom stereocenters. The number of nitrogens with one attached hydrogen (secondary N) is 1. The molecular weight excluding hydrogens is 383 g/mol. The summed E-state index contributed by atoms with van der Waals surface area (Å²) >= 11 is 2.21. The molecule has 0 saturated carbocycles. The van der Waals surface area contributed by atoms with Crippen LogP contribution in [0, 0.1) is 3.57 Å². The maximum absolute atomic E-state index is 12.3. The van der Waals surface area contributed by atoms with Crippen LogP contribution in [0.2, 0.25) is 0 Å². The smallest absolute Gasteiger partial charge is 0.239 e. The van der Waals surface area contributed by atoms with Gasteiger partial charge in [-0.05, 0) is 41.6 Å². The summed E-state index contributed by atoms with van der Waals surface area (Å²) in [5, 5.41) is 2.79. The van der Waals surface area contributed by atoms with Crippen LogP contribution in [0.1, 0.15) is 17.3 Å². The van der Waals surface area contributed by atoms with E-state index in [0.717, 1.165) is 3.57 Å². The summed E-state index contributed by atoms with van der Waals surface area (Å²) < 4.78 is 6.46. The van der Waals surface area contributed by atoms with Crippen molar-refractivity contribution in [3.63, 3.8) is 0 Å². The van der Waals surface area contributed by atoms with Crippen molar-refractivity contribution in [1.82, 2.24) is 10.2 Å². The Morgan fingerprint density at radius 3 is 2.76 bits per heavy atom. The summed E-state index contributed by atoms with van der Waals surface area (Å²) in [7, 11) is 0. The molecule has 114 valence electrons. The summed E-state index contributed by atoms with van der Waals surface area (Å²) in [6.45, 7) is 4.18. The van der Waals surface area contributed by atoms with Crippen LogP contribution in [0.4, 0.5) is 0 Å². The van der Waals surface area contributed by atoms with Crippen molar-refractivity contribution in [2.45, 2.75) is 13.0 Å². The van der Waals surface area contributed by atoms with Gasteiger partial charge >= 0.3 is 0 Å². The average Bonchev–Trinajstić information content (AvgIpc) is 2.48. The fourth-order valence-electron chi connectivity index (χ4n) is 2.27. The topological polar surface area (TPSA) is 58.6 Å². The van der Waals surface area contributed by atoms with E-state index in [1.165, 1.54) is 0 Å². The minimum absolute atomic E-state index is 0.0302. The van der Waals surface area contributed by atoms with Gasteiger partial charge in [0.25, 0.3) is 0 Å². The largest absolute Gasteiger partial charge is 0.378 e. The van der Waals surface area contributed by atoms with Crippen molar-refractivity contribution in [2.24, 2.45) is 0 Å². The second-order valence-corrected chi connectivity index (χ2v) is 6.13. The Morgan fingerprint density at radius 2 is 2.10 bits per heavy atom. The molecule has 1 saturated heterocycles. The zero-order chi connectivity index (χ0) is 15.2. The van der Waals surface area contributed by atoms with E-state index >= 15 is 0 Å². The molecule has 1 amide bonds. The van der Waals surface area contributed by atoms with Crippen LogP contribution in [0.5, 0.6) is 0 Å². The number of carbonyl (C=O) groups is 2. The maximum atomic E-state index is 12.3. The minimum atomic E-state index is -0.383. The van der Waals surface area contributed by atoms with Crippen molar-refractivity contribution < 1.29 is 14.3 Å². The third kappa shape index (κ3) is 4.49. The first kappa shape index (κ1) is 16.4. The molecule has 0 aliphatic carbocycles. The van der Waals surface area contributed by atoms with Gasteiger partial charge in [-0.2, -0.15) is 0 Å². The number of benzene rings is 1. The number of carbonyl (C=O) groups excluding carboxylic acids is 2. The Hall–Kier alpha value is -0.990. The van der Waals surface area contributed by atoms with Crippen molar-refractivity contribution in [2.75, 3.05) is 32.8 Å². The Morgan fingerprint density at radius 1 is 1.38 bits per heavy atom. The summed E-state index contributed by atoms with van der Waals surface area (Å²) in [5.74, 6) is -0.0461. The number of Topliss-reactive ketones (excluding diaryl/α,β-unsaturated/α-hetero) is 1. The van der Waals surface area contributed by atoms with Crippen molar-refractivity contribution in [3.8, 4) is 0 Å². The standard InChI is InChI=1S/C15H19IN2O3/c1-2-17-15(20)13-10-21-8-7-18(13)9-14(19)11-3-5-12(16)6-4-11/h3-6,13H,2,7-10H2,1H3,(H,17,20). The van der Waals surface area contributed by atoms with E-state index < -0.39 is 0 Å². The van der Waals surface area contributed by atoms with Crippen LogP contribution in [0.3, 0.4) is 0 Å². The fourth-order valence-corrected chi connectivity index (χ4v) is 2.63. The molecule has 6 heteroatoms. The number of likely N-dealkylation sites (N-methyl/N-ethyl adjacent to an activating group) is 1. The maximum Gasteiger partial charge on any atom is 0.239 e. The van der Waals surface area contributed by atoms with E-state index in [1.54, 1.807) is 0 Å². The molecule has 5 nitrogen and oxygen atoms in total. The molecule has 0 spiro atoms. The lowest BCUT2D eigenvalue weighted by Crippen LogP contribution is -2.55. The lowest BCUT2D eigenvalue weighted by molar-refractivity contribution is -0.131. The highest BCUT2D eigenvalue weighted by molar-refractivity contribution is 14.1. The molecule has 1 aromatic rings. The molecule has 1 atom stereocenters. The molecular formula is C15H19IN2O3. The molecule has 0 bridgehead atoms. The number of morpholine rings is 1. The second-order valence-electron chi connectivity index (χ2n) is 4.89. The number of ether oxygens (including phenoxy) is 1. The number of nitrogens with zero attached hydrogens (tertiary/aromatic N) is 1. The van der Waals surface area contributed by atoms with Crippen molar-refractivity contribution in [3.05, 3.63) is 33.4 Å². The second kappa shape index (κ2) is 7.86. The van der Waals surface area contributed by atoms with Crippen molar-refractivity contribution >= 4 is 34.3 Å². The molecule has 2 rings (SSSR count). The van der Waals surface area contributed by atoms with E-state index in [2.05, 4.69) is 27.9 Å². The van der Waals surface area contributed by atoms with Gasteiger partial charge in [-0.15, -0.1) is 0 Å². The number of rotatable bonds is 5. The molecule has 1 aromatic carbocycles. The number of halogens is 1.